The minimum atomic E-state index is -3.36. The van der Waals surface area contributed by atoms with Crippen LogP contribution in [0.2, 0.25) is 0 Å². The molecule has 0 aliphatic carbocycles. The maximum absolute atomic E-state index is 12.6. The summed E-state index contributed by atoms with van der Waals surface area (Å²) in [6.45, 7) is 7.06. The van der Waals surface area contributed by atoms with Crippen molar-refractivity contribution in [3.63, 3.8) is 0 Å². The summed E-state index contributed by atoms with van der Waals surface area (Å²) in [5, 5.41) is 0. The lowest BCUT2D eigenvalue weighted by Gasteiger charge is -2.39. The molecule has 2 fully saturated rings. The minimum Gasteiger partial charge on any atom is -0.374 e. The van der Waals surface area contributed by atoms with Gasteiger partial charge in [-0.1, -0.05) is 13.8 Å². The van der Waals surface area contributed by atoms with Gasteiger partial charge in [-0.25, -0.2) is 0 Å². The van der Waals surface area contributed by atoms with E-state index < -0.39 is 10.2 Å². The van der Waals surface area contributed by atoms with Crippen molar-refractivity contribution >= 4 is 22.6 Å². The fourth-order valence-corrected chi connectivity index (χ4v) is 4.87. The molecule has 120 valence electrons. The van der Waals surface area contributed by atoms with Crippen LogP contribution in [0.3, 0.4) is 0 Å². The number of ether oxygens (including phenoxy) is 1. The van der Waals surface area contributed by atoms with Gasteiger partial charge in [0.05, 0.1) is 12.7 Å². The van der Waals surface area contributed by atoms with Gasteiger partial charge < -0.3 is 10.5 Å². The van der Waals surface area contributed by atoms with E-state index >= 15 is 0 Å². The second-order valence-corrected chi connectivity index (χ2v) is 7.79. The smallest absolute Gasteiger partial charge is 0.282 e. The number of piperidine rings is 1. The molecule has 0 aromatic carbocycles. The lowest BCUT2D eigenvalue weighted by molar-refractivity contribution is 0.00199. The molecule has 6 nitrogen and oxygen atoms in total. The molecule has 0 amide bonds. The van der Waals surface area contributed by atoms with Gasteiger partial charge in [0.15, 0.2) is 0 Å². The molecule has 2 N–H and O–H groups in total. The SMILES string of the molecule is CC1CC(C)CN(S(=O)(=O)N2CCOC(CN)C2)C1.Cl. The normalized spacial score (nSPS) is 33.6. The number of nitrogens with two attached hydrogens (primary N) is 1. The maximum Gasteiger partial charge on any atom is 0.282 e. The van der Waals surface area contributed by atoms with Crippen molar-refractivity contribution in [3.05, 3.63) is 0 Å². The Morgan fingerprint density at radius 1 is 1.15 bits per heavy atom. The van der Waals surface area contributed by atoms with Gasteiger partial charge in [0.2, 0.25) is 0 Å². The Labute approximate surface area is 128 Å². The number of hydrogen-bond donors (Lipinski definition) is 1. The lowest BCUT2D eigenvalue weighted by atomic mass is 9.94. The van der Waals surface area contributed by atoms with Crippen molar-refractivity contribution in [2.45, 2.75) is 26.4 Å². The lowest BCUT2D eigenvalue weighted by Crippen LogP contribution is -2.55. The standard InChI is InChI=1S/C12H25N3O3S.ClH/c1-10-5-11(2)8-15(7-10)19(16,17)14-3-4-18-12(6-13)9-14;/h10-12H,3-9,13H2,1-2H3;1H. The molecule has 3 unspecified atom stereocenters. The summed E-state index contributed by atoms with van der Waals surface area (Å²) in [6.07, 6.45) is 0.920. The summed E-state index contributed by atoms with van der Waals surface area (Å²) in [5.74, 6) is 0.842. The number of rotatable bonds is 3. The fraction of sp³-hybridized carbons (Fsp3) is 1.00. The summed E-state index contributed by atoms with van der Waals surface area (Å²) in [5.41, 5.74) is 5.57. The molecule has 0 bridgehead atoms. The molecule has 2 rings (SSSR count). The van der Waals surface area contributed by atoms with E-state index in [4.69, 9.17) is 10.5 Å². The van der Waals surface area contributed by atoms with Crippen molar-refractivity contribution in [1.29, 1.82) is 0 Å². The predicted molar refractivity (Wildman–Crippen MR) is 81.1 cm³/mol. The Hall–Kier alpha value is 0.0800. The number of halogens is 1. The zero-order chi connectivity index (χ0) is 14.0. The molecule has 0 aromatic rings. The Balaban J connectivity index is 0.00000200. The molecule has 0 spiro atoms. The highest BCUT2D eigenvalue weighted by atomic mass is 35.5. The second kappa shape index (κ2) is 7.38. The monoisotopic (exact) mass is 327 g/mol. The molecule has 2 saturated heterocycles. The molecule has 2 heterocycles. The van der Waals surface area contributed by atoms with Crippen molar-refractivity contribution in [2.24, 2.45) is 17.6 Å². The molecular formula is C12H26ClN3O3S. The molecule has 20 heavy (non-hydrogen) atoms. The van der Waals surface area contributed by atoms with E-state index in [1.807, 2.05) is 0 Å². The highest BCUT2D eigenvalue weighted by molar-refractivity contribution is 7.86. The highest BCUT2D eigenvalue weighted by Crippen LogP contribution is 2.25. The first-order valence-electron chi connectivity index (χ1n) is 7.00. The minimum absolute atomic E-state index is 0. The van der Waals surface area contributed by atoms with Gasteiger partial charge in [0.25, 0.3) is 10.2 Å². The van der Waals surface area contributed by atoms with Crippen molar-refractivity contribution in [1.82, 2.24) is 8.61 Å². The zero-order valence-electron chi connectivity index (χ0n) is 12.2. The summed E-state index contributed by atoms with van der Waals surface area (Å²) >= 11 is 0. The van der Waals surface area contributed by atoms with Crippen molar-refractivity contribution in [3.8, 4) is 0 Å². The largest absolute Gasteiger partial charge is 0.374 e. The van der Waals surface area contributed by atoms with Gasteiger partial charge in [-0.15, -0.1) is 12.4 Å². The molecule has 2 aliphatic heterocycles. The molecule has 0 radical (unpaired) electrons. The zero-order valence-corrected chi connectivity index (χ0v) is 13.8. The third-order valence-electron chi connectivity index (χ3n) is 3.85. The summed E-state index contributed by atoms with van der Waals surface area (Å²) in [4.78, 5) is 0. The van der Waals surface area contributed by atoms with Gasteiger partial charge in [-0.2, -0.15) is 17.0 Å². The van der Waals surface area contributed by atoms with Crippen molar-refractivity contribution in [2.75, 3.05) is 39.3 Å². The Bertz CT molecular complexity index is 397. The Morgan fingerprint density at radius 2 is 1.75 bits per heavy atom. The maximum atomic E-state index is 12.6. The first kappa shape index (κ1) is 18.1. The average Bonchev–Trinajstić information content (AvgIpc) is 2.37. The van der Waals surface area contributed by atoms with E-state index in [-0.39, 0.29) is 18.5 Å². The van der Waals surface area contributed by atoms with Gasteiger partial charge in [0, 0.05) is 32.7 Å². The van der Waals surface area contributed by atoms with E-state index in [1.54, 1.807) is 4.31 Å². The van der Waals surface area contributed by atoms with Gasteiger partial charge in [-0.05, 0) is 18.3 Å². The van der Waals surface area contributed by atoms with Gasteiger partial charge in [0.1, 0.15) is 0 Å². The van der Waals surface area contributed by atoms with Crippen LogP contribution in [0.1, 0.15) is 20.3 Å². The molecular weight excluding hydrogens is 302 g/mol. The van der Waals surface area contributed by atoms with Crippen molar-refractivity contribution < 1.29 is 13.2 Å². The van der Waals surface area contributed by atoms with Crippen LogP contribution in [0.15, 0.2) is 0 Å². The third-order valence-corrected chi connectivity index (χ3v) is 5.79. The van der Waals surface area contributed by atoms with E-state index in [1.165, 1.54) is 4.31 Å². The molecule has 0 saturated carbocycles. The number of morpholine rings is 1. The van der Waals surface area contributed by atoms with Crippen LogP contribution in [-0.4, -0.2) is 62.5 Å². The third kappa shape index (κ3) is 4.05. The van der Waals surface area contributed by atoms with Crippen LogP contribution in [0, 0.1) is 11.8 Å². The molecule has 2 aliphatic rings. The van der Waals surface area contributed by atoms with Crippen LogP contribution in [0.25, 0.3) is 0 Å². The summed E-state index contributed by atoms with van der Waals surface area (Å²) < 4.78 is 33.9. The quantitative estimate of drug-likeness (QED) is 0.808. The van der Waals surface area contributed by atoms with Gasteiger partial charge >= 0.3 is 0 Å². The first-order chi connectivity index (χ1) is 8.93. The fourth-order valence-electron chi connectivity index (χ4n) is 3.00. The number of hydrogen-bond acceptors (Lipinski definition) is 4. The molecule has 3 atom stereocenters. The van der Waals surface area contributed by atoms with E-state index in [2.05, 4.69) is 13.8 Å². The molecule has 8 heteroatoms. The van der Waals surface area contributed by atoms with Gasteiger partial charge in [-0.3, -0.25) is 0 Å². The second-order valence-electron chi connectivity index (χ2n) is 5.86. The molecule has 0 aromatic heterocycles. The average molecular weight is 328 g/mol. The van der Waals surface area contributed by atoms with Crippen LogP contribution >= 0.6 is 12.4 Å². The highest BCUT2D eigenvalue weighted by Gasteiger charge is 2.37. The predicted octanol–water partition coefficient (Wildman–Crippen LogP) is 0.290. The van der Waals surface area contributed by atoms with E-state index in [0.29, 0.717) is 51.2 Å². The van der Waals surface area contributed by atoms with Crippen LogP contribution < -0.4 is 5.73 Å². The van der Waals surface area contributed by atoms with Crippen LogP contribution in [0.5, 0.6) is 0 Å². The number of nitrogens with zero attached hydrogens (tertiary/aromatic N) is 2. The van der Waals surface area contributed by atoms with E-state index in [9.17, 15) is 8.42 Å². The first-order valence-corrected chi connectivity index (χ1v) is 8.40. The Kier molecular flexibility index (Phi) is 6.69. The summed E-state index contributed by atoms with van der Waals surface area (Å²) in [7, 11) is -3.36. The van der Waals surface area contributed by atoms with Crippen LogP contribution in [0.4, 0.5) is 0 Å². The topological polar surface area (TPSA) is 75.9 Å². The van der Waals surface area contributed by atoms with Crippen LogP contribution in [-0.2, 0) is 14.9 Å². The van der Waals surface area contributed by atoms with E-state index in [0.717, 1.165) is 6.42 Å². The Morgan fingerprint density at radius 3 is 2.30 bits per heavy atom. The summed E-state index contributed by atoms with van der Waals surface area (Å²) in [6, 6.07) is 0.